The largest absolute Gasteiger partial charge is 0.420 e. The van der Waals surface area contributed by atoms with E-state index >= 15 is 0 Å². The minimum Gasteiger partial charge on any atom is -0.378 e. The molecule has 0 radical (unpaired) electrons. The number of rotatable bonds is 7. The van der Waals surface area contributed by atoms with E-state index in [4.69, 9.17) is 4.52 Å². The summed E-state index contributed by atoms with van der Waals surface area (Å²) in [6.07, 6.45) is 5.88. The SMILES string of the molecule is OC([C@@H]1C[C@H]1CN1CCC(c2noc3c(C(F)(F)F)cccc23)CC1)N1CCC[C@@H](Cn2ccnc2)C1. The average Bonchev–Trinajstić information content (AvgIpc) is 3.25. The normalized spacial score (nSPS) is 27.1. The topological polar surface area (TPSA) is 70.6 Å². The van der Waals surface area contributed by atoms with Gasteiger partial charge in [-0.05, 0) is 69.2 Å². The lowest BCUT2D eigenvalue weighted by Gasteiger charge is -2.36. The number of hydrogen-bond donors (Lipinski definition) is 1. The highest BCUT2D eigenvalue weighted by Crippen LogP contribution is 2.45. The van der Waals surface area contributed by atoms with E-state index in [1.165, 1.54) is 12.5 Å². The molecule has 0 spiro atoms. The van der Waals surface area contributed by atoms with Crippen LogP contribution in [0.2, 0.25) is 0 Å². The maximum Gasteiger partial charge on any atom is 0.420 e. The molecule has 1 N–H and O–H groups in total. The predicted octanol–water partition coefficient (Wildman–Crippen LogP) is 4.59. The Balaban J connectivity index is 0.997. The molecule has 200 valence electrons. The predicted molar refractivity (Wildman–Crippen MR) is 132 cm³/mol. The summed E-state index contributed by atoms with van der Waals surface area (Å²) in [5.74, 6) is 1.46. The molecule has 4 heterocycles. The molecule has 10 heteroatoms. The van der Waals surface area contributed by atoms with Crippen molar-refractivity contribution in [1.82, 2.24) is 24.5 Å². The molecule has 4 atom stereocenters. The Morgan fingerprint density at radius 2 is 1.95 bits per heavy atom. The summed E-state index contributed by atoms with van der Waals surface area (Å²) in [4.78, 5) is 8.85. The van der Waals surface area contributed by atoms with Gasteiger partial charge >= 0.3 is 6.18 Å². The van der Waals surface area contributed by atoms with Gasteiger partial charge in [-0.3, -0.25) is 4.90 Å². The number of likely N-dealkylation sites (tertiary alicyclic amines) is 2. The summed E-state index contributed by atoms with van der Waals surface area (Å²) < 4.78 is 47.3. The van der Waals surface area contributed by atoms with E-state index in [-0.39, 0.29) is 17.7 Å². The number of para-hydroxylation sites is 1. The number of alkyl halides is 3. The summed E-state index contributed by atoms with van der Waals surface area (Å²) in [6, 6.07) is 4.16. The number of piperidine rings is 2. The number of aliphatic hydroxyl groups is 1. The molecule has 0 amide bonds. The third-order valence-electron chi connectivity index (χ3n) is 8.61. The molecule has 3 aromatic rings. The summed E-state index contributed by atoms with van der Waals surface area (Å²) in [7, 11) is 0. The quantitative estimate of drug-likeness (QED) is 0.495. The van der Waals surface area contributed by atoms with Gasteiger partial charge in [0.05, 0.1) is 12.0 Å². The molecular weight excluding hydrogens is 483 g/mol. The van der Waals surface area contributed by atoms with Gasteiger partial charge in [0.2, 0.25) is 0 Å². The number of hydrogen-bond acceptors (Lipinski definition) is 6. The molecular formula is C27H34F3N5O2. The van der Waals surface area contributed by atoms with Gasteiger partial charge in [-0.15, -0.1) is 0 Å². The molecule has 3 fully saturated rings. The third kappa shape index (κ3) is 5.28. The first-order valence-electron chi connectivity index (χ1n) is 13.4. The van der Waals surface area contributed by atoms with E-state index in [0.717, 1.165) is 71.0 Å². The van der Waals surface area contributed by atoms with Crippen LogP contribution in [0.5, 0.6) is 0 Å². The number of fused-ring (bicyclic) bond motifs is 1. The fourth-order valence-electron chi connectivity index (χ4n) is 6.52. The fraction of sp³-hybridized carbons (Fsp3) is 0.630. The van der Waals surface area contributed by atoms with Crippen molar-refractivity contribution in [3.8, 4) is 0 Å². The van der Waals surface area contributed by atoms with E-state index in [0.29, 0.717) is 28.8 Å². The van der Waals surface area contributed by atoms with Gasteiger partial charge in [0.15, 0.2) is 5.58 Å². The molecule has 6 rings (SSSR count). The van der Waals surface area contributed by atoms with E-state index in [9.17, 15) is 18.3 Å². The van der Waals surface area contributed by atoms with Gasteiger partial charge in [-0.1, -0.05) is 11.2 Å². The lowest BCUT2D eigenvalue weighted by atomic mass is 9.91. The molecule has 2 aliphatic heterocycles. The number of benzene rings is 1. The van der Waals surface area contributed by atoms with Crippen LogP contribution in [-0.2, 0) is 12.7 Å². The van der Waals surface area contributed by atoms with Crippen molar-refractivity contribution in [2.45, 2.75) is 57.0 Å². The van der Waals surface area contributed by atoms with Crippen LogP contribution in [0.4, 0.5) is 13.2 Å². The van der Waals surface area contributed by atoms with Crippen LogP contribution in [0, 0.1) is 17.8 Å². The number of nitrogens with zero attached hydrogens (tertiary/aromatic N) is 5. The highest BCUT2D eigenvalue weighted by molar-refractivity contribution is 5.83. The van der Waals surface area contributed by atoms with Crippen LogP contribution in [-0.4, -0.2) is 68.6 Å². The Labute approximate surface area is 214 Å². The lowest BCUT2D eigenvalue weighted by Crippen LogP contribution is -2.45. The zero-order chi connectivity index (χ0) is 25.6. The zero-order valence-corrected chi connectivity index (χ0v) is 20.9. The molecule has 7 nitrogen and oxygen atoms in total. The van der Waals surface area contributed by atoms with Gasteiger partial charge in [0.1, 0.15) is 11.8 Å². The summed E-state index contributed by atoms with van der Waals surface area (Å²) in [5, 5.41) is 15.6. The molecule has 1 aromatic carbocycles. The van der Waals surface area contributed by atoms with Crippen molar-refractivity contribution < 1.29 is 22.8 Å². The van der Waals surface area contributed by atoms with E-state index < -0.39 is 11.7 Å². The number of imidazole rings is 1. The van der Waals surface area contributed by atoms with Crippen LogP contribution < -0.4 is 0 Å². The van der Waals surface area contributed by atoms with Crippen LogP contribution in [0.1, 0.15) is 49.3 Å². The molecule has 2 aromatic heterocycles. The van der Waals surface area contributed by atoms with Gasteiger partial charge in [-0.25, -0.2) is 4.98 Å². The molecule has 3 aliphatic rings. The standard InChI is InChI=1S/C27H34F3N5O2/c28-27(29,30)23-5-1-4-21-24(32-37-25(21)23)19-6-10-33(11-7-19)16-20-13-22(20)26(36)35-9-2-3-18(15-35)14-34-12-8-31-17-34/h1,4-5,8,12,17-20,22,26,36H,2-3,6-7,9-11,13-16H2/t18-,20-,22+,26?/m0/s1. The number of aliphatic hydroxyl groups excluding tert-OH is 1. The van der Waals surface area contributed by atoms with Gasteiger partial charge < -0.3 is 19.1 Å². The van der Waals surface area contributed by atoms with Crippen molar-refractivity contribution in [1.29, 1.82) is 0 Å². The summed E-state index contributed by atoms with van der Waals surface area (Å²) in [6.45, 7) is 5.57. The second-order valence-electron chi connectivity index (χ2n) is 11.2. The highest BCUT2D eigenvalue weighted by Gasteiger charge is 2.46. The summed E-state index contributed by atoms with van der Waals surface area (Å²) >= 11 is 0. The van der Waals surface area contributed by atoms with Gasteiger partial charge in [0, 0.05) is 55.8 Å². The molecule has 2 saturated heterocycles. The first-order chi connectivity index (χ1) is 17.9. The smallest absolute Gasteiger partial charge is 0.378 e. The van der Waals surface area contributed by atoms with Crippen molar-refractivity contribution >= 4 is 11.0 Å². The lowest BCUT2D eigenvalue weighted by molar-refractivity contribution is -0.137. The Hall–Kier alpha value is -2.43. The monoisotopic (exact) mass is 517 g/mol. The van der Waals surface area contributed by atoms with Gasteiger partial charge in [-0.2, -0.15) is 13.2 Å². The highest BCUT2D eigenvalue weighted by atomic mass is 19.4. The minimum atomic E-state index is -4.46. The van der Waals surface area contributed by atoms with Crippen LogP contribution >= 0.6 is 0 Å². The third-order valence-corrected chi connectivity index (χ3v) is 8.61. The Bertz CT molecular complexity index is 1190. The first-order valence-corrected chi connectivity index (χ1v) is 13.4. The molecule has 37 heavy (non-hydrogen) atoms. The summed E-state index contributed by atoms with van der Waals surface area (Å²) in [5.41, 5.74) is -0.274. The van der Waals surface area contributed by atoms with Crippen LogP contribution in [0.25, 0.3) is 11.0 Å². The van der Waals surface area contributed by atoms with Crippen molar-refractivity contribution in [3.63, 3.8) is 0 Å². The maximum absolute atomic E-state index is 13.3. The van der Waals surface area contributed by atoms with Crippen molar-refractivity contribution in [3.05, 3.63) is 48.2 Å². The van der Waals surface area contributed by atoms with Crippen molar-refractivity contribution in [2.75, 3.05) is 32.7 Å². The molecule has 0 bridgehead atoms. The Kier molecular flexibility index (Phi) is 6.75. The number of halogens is 3. The second kappa shape index (κ2) is 10.0. The Morgan fingerprint density at radius 3 is 2.70 bits per heavy atom. The van der Waals surface area contributed by atoms with Gasteiger partial charge in [0.25, 0.3) is 0 Å². The first kappa shape index (κ1) is 24.9. The second-order valence-corrected chi connectivity index (χ2v) is 11.2. The minimum absolute atomic E-state index is 0.0994. The molecule has 1 saturated carbocycles. The van der Waals surface area contributed by atoms with Crippen molar-refractivity contribution in [2.24, 2.45) is 17.8 Å². The maximum atomic E-state index is 13.3. The zero-order valence-electron chi connectivity index (χ0n) is 20.9. The van der Waals surface area contributed by atoms with E-state index in [1.54, 1.807) is 6.07 Å². The van der Waals surface area contributed by atoms with Crippen LogP contribution in [0.3, 0.4) is 0 Å². The van der Waals surface area contributed by atoms with E-state index in [2.05, 4.69) is 24.5 Å². The fourth-order valence-corrected chi connectivity index (χ4v) is 6.52. The van der Waals surface area contributed by atoms with Crippen LogP contribution in [0.15, 0.2) is 41.4 Å². The Morgan fingerprint density at radius 1 is 1.11 bits per heavy atom. The number of aromatic nitrogens is 3. The van der Waals surface area contributed by atoms with E-state index in [1.807, 2.05) is 18.7 Å². The molecule has 1 unspecified atom stereocenters. The molecule has 1 aliphatic carbocycles. The average molecular weight is 518 g/mol.